The molecule has 2 aromatic carbocycles. The predicted octanol–water partition coefficient (Wildman–Crippen LogP) is 3.95. The Labute approximate surface area is 173 Å². The lowest BCUT2D eigenvalue weighted by Gasteiger charge is -2.29. The standard InChI is InChI=1S/C24H31NO4/c1-5-25(24(26)22-16-27-9-10-28-22)14-21-12-18(3)23(19(4)13-21)29-15-20-8-6-7-17(2)11-20/h6-8,11-13,22H,5,9-10,14-16H2,1-4H3/t22-/m0/s1. The lowest BCUT2D eigenvalue weighted by atomic mass is 10.0. The van der Waals surface area contributed by atoms with Crippen LogP contribution in [0.25, 0.3) is 0 Å². The molecule has 5 heteroatoms. The number of carbonyl (C=O) groups excluding carboxylic acids is 1. The maximum atomic E-state index is 12.8. The van der Waals surface area contributed by atoms with Crippen molar-refractivity contribution in [2.75, 3.05) is 26.4 Å². The van der Waals surface area contributed by atoms with E-state index in [1.165, 1.54) is 5.56 Å². The second-order valence-electron chi connectivity index (χ2n) is 7.62. The molecule has 1 atom stereocenters. The van der Waals surface area contributed by atoms with Gasteiger partial charge < -0.3 is 19.1 Å². The van der Waals surface area contributed by atoms with Gasteiger partial charge in [0.05, 0.1) is 19.8 Å². The summed E-state index contributed by atoms with van der Waals surface area (Å²) >= 11 is 0. The van der Waals surface area contributed by atoms with E-state index in [1.54, 1.807) is 0 Å². The molecule has 1 fully saturated rings. The highest BCUT2D eigenvalue weighted by molar-refractivity contribution is 5.81. The number of hydrogen-bond donors (Lipinski definition) is 0. The van der Waals surface area contributed by atoms with Gasteiger partial charge in [0, 0.05) is 13.1 Å². The van der Waals surface area contributed by atoms with E-state index < -0.39 is 6.10 Å². The van der Waals surface area contributed by atoms with E-state index in [0.29, 0.717) is 39.5 Å². The number of amides is 1. The van der Waals surface area contributed by atoms with E-state index in [2.05, 4.69) is 51.1 Å². The summed E-state index contributed by atoms with van der Waals surface area (Å²) in [4.78, 5) is 14.6. The first-order valence-corrected chi connectivity index (χ1v) is 10.2. The highest BCUT2D eigenvalue weighted by Crippen LogP contribution is 2.27. The van der Waals surface area contributed by atoms with Gasteiger partial charge in [-0.1, -0.05) is 42.0 Å². The molecule has 0 radical (unpaired) electrons. The van der Waals surface area contributed by atoms with E-state index in [0.717, 1.165) is 28.0 Å². The zero-order valence-corrected chi connectivity index (χ0v) is 17.9. The minimum atomic E-state index is -0.497. The van der Waals surface area contributed by atoms with E-state index in [4.69, 9.17) is 14.2 Å². The fraction of sp³-hybridized carbons (Fsp3) is 0.458. The zero-order valence-electron chi connectivity index (χ0n) is 17.9. The largest absolute Gasteiger partial charge is 0.488 e. The van der Waals surface area contributed by atoms with Crippen molar-refractivity contribution in [1.29, 1.82) is 0 Å². The third-order valence-corrected chi connectivity index (χ3v) is 5.14. The molecular weight excluding hydrogens is 366 g/mol. The Morgan fingerprint density at radius 2 is 1.86 bits per heavy atom. The summed E-state index contributed by atoms with van der Waals surface area (Å²) in [6.45, 7) is 11.3. The molecule has 0 saturated carbocycles. The van der Waals surface area contributed by atoms with Crippen molar-refractivity contribution in [2.45, 2.75) is 47.0 Å². The minimum absolute atomic E-state index is 0.0118. The van der Waals surface area contributed by atoms with Crippen LogP contribution >= 0.6 is 0 Å². The smallest absolute Gasteiger partial charge is 0.254 e. The van der Waals surface area contributed by atoms with Gasteiger partial charge in [0.2, 0.25) is 0 Å². The van der Waals surface area contributed by atoms with Gasteiger partial charge in [-0.2, -0.15) is 0 Å². The van der Waals surface area contributed by atoms with Gasteiger partial charge >= 0.3 is 0 Å². The number of likely N-dealkylation sites (N-methyl/N-ethyl adjacent to an activating group) is 1. The second-order valence-corrected chi connectivity index (χ2v) is 7.62. The Morgan fingerprint density at radius 3 is 2.48 bits per heavy atom. The summed E-state index contributed by atoms with van der Waals surface area (Å²) in [5, 5.41) is 0. The molecule has 5 nitrogen and oxygen atoms in total. The van der Waals surface area contributed by atoms with E-state index in [-0.39, 0.29) is 5.91 Å². The van der Waals surface area contributed by atoms with Crippen molar-refractivity contribution in [3.63, 3.8) is 0 Å². The summed E-state index contributed by atoms with van der Waals surface area (Å²) in [6.07, 6.45) is -0.497. The molecule has 156 valence electrons. The molecule has 1 aliphatic heterocycles. The van der Waals surface area contributed by atoms with Crippen molar-refractivity contribution in [2.24, 2.45) is 0 Å². The van der Waals surface area contributed by atoms with Crippen molar-refractivity contribution >= 4 is 5.91 Å². The molecular formula is C24H31NO4. The third kappa shape index (κ3) is 5.58. The monoisotopic (exact) mass is 397 g/mol. The van der Waals surface area contributed by atoms with Crippen LogP contribution in [0.4, 0.5) is 0 Å². The van der Waals surface area contributed by atoms with Crippen LogP contribution in [-0.4, -0.2) is 43.3 Å². The summed E-state index contributed by atoms with van der Waals surface area (Å²) in [5.41, 5.74) is 5.63. The van der Waals surface area contributed by atoms with E-state index >= 15 is 0 Å². The van der Waals surface area contributed by atoms with Crippen molar-refractivity contribution < 1.29 is 19.0 Å². The lowest BCUT2D eigenvalue weighted by molar-refractivity contribution is -0.158. The Hall–Kier alpha value is -2.37. The van der Waals surface area contributed by atoms with Gasteiger partial charge in [0.15, 0.2) is 6.10 Å². The summed E-state index contributed by atoms with van der Waals surface area (Å²) in [7, 11) is 0. The fourth-order valence-electron chi connectivity index (χ4n) is 3.72. The van der Waals surface area contributed by atoms with Gasteiger partial charge in [-0.25, -0.2) is 0 Å². The Balaban J connectivity index is 1.68. The highest BCUT2D eigenvalue weighted by Gasteiger charge is 2.27. The van der Waals surface area contributed by atoms with Crippen molar-refractivity contribution in [1.82, 2.24) is 4.90 Å². The molecule has 1 heterocycles. The van der Waals surface area contributed by atoms with Crippen LogP contribution in [0.15, 0.2) is 36.4 Å². The van der Waals surface area contributed by atoms with Crippen LogP contribution < -0.4 is 4.74 Å². The Bertz CT molecular complexity index is 820. The molecule has 29 heavy (non-hydrogen) atoms. The van der Waals surface area contributed by atoms with Gasteiger partial charge in [-0.15, -0.1) is 0 Å². The number of aryl methyl sites for hydroxylation is 3. The molecule has 0 unspecified atom stereocenters. The lowest BCUT2D eigenvalue weighted by Crippen LogP contribution is -2.45. The number of ether oxygens (including phenoxy) is 3. The first-order chi connectivity index (χ1) is 14.0. The third-order valence-electron chi connectivity index (χ3n) is 5.14. The first kappa shape index (κ1) is 21.3. The van der Waals surface area contributed by atoms with Crippen LogP contribution in [0.5, 0.6) is 5.75 Å². The van der Waals surface area contributed by atoms with Crippen LogP contribution in [0.3, 0.4) is 0 Å². The van der Waals surface area contributed by atoms with Gasteiger partial charge in [-0.05, 0) is 49.9 Å². The average molecular weight is 398 g/mol. The molecule has 0 aliphatic carbocycles. The van der Waals surface area contributed by atoms with Crippen molar-refractivity contribution in [3.8, 4) is 5.75 Å². The maximum absolute atomic E-state index is 12.8. The quantitative estimate of drug-likeness (QED) is 0.710. The first-order valence-electron chi connectivity index (χ1n) is 10.2. The molecule has 1 saturated heterocycles. The Morgan fingerprint density at radius 1 is 1.10 bits per heavy atom. The van der Waals surface area contributed by atoms with Gasteiger partial charge in [-0.3, -0.25) is 4.79 Å². The second kappa shape index (κ2) is 9.90. The molecule has 0 aromatic heterocycles. The number of hydrogen-bond acceptors (Lipinski definition) is 4. The molecule has 0 bridgehead atoms. The number of carbonyl (C=O) groups is 1. The topological polar surface area (TPSA) is 48.0 Å². The highest BCUT2D eigenvalue weighted by atomic mass is 16.6. The molecule has 3 rings (SSSR count). The molecule has 0 N–H and O–H groups in total. The minimum Gasteiger partial charge on any atom is -0.488 e. The number of nitrogens with zero attached hydrogens (tertiary/aromatic N) is 1. The predicted molar refractivity (Wildman–Crippen MR) is 113 cm³/mol. The van der Waals surface area contributed by atoms with Crippen LogP contribution in [0, 0.1) is 20.8 Å². The maximum Gasteiger partial charge on any atom is 0.254 e. The molecule has 0 spiro atoms. The SMILES string of the molecule is CCN(Cc1cc(C)c(OCc2cccc(C)c2)c(C)c1)C(=O)[C@@H]1COCCO1. The Kier molecular flexibility index (Phi) is 7.29. The van der Waals surface area contributed by atoms with E-state index in [9.17, 15) is 4.79 Å². The fourth-order valence-corrected chi connectivity index (χ4v) is 3.72. The molecule has 1 amide bonds. The van der Waals surface area contributed by atoms with Gasteiger partial charge in [0.25, 0.3) is 5.91 Å². The van der Waals surface area contributed by atoms with Crippen LogP contribution in [0.2, 0.25) is 0 Å². The molecule has 1 aliphatic rings. The number of rotatable bonds is 7. The molecule has 2 aromatic rings. The number of benzene rings is 2. The summed E-state index contributed by atoms with van der Waals surface area (Å²) in [6, 6.07) is 12.6. The average Bonchev–Trinajstić information content (AvgIpc) is 2.71. The van der Waals surface area contributed by atoms with Crippen LogP contribution in [0.1, 0.15) is 34.7 Å². The summed E-state index contributed by atoms with van der Waals surface area (Å²) < 4.78 is 17.1. The van der Waals surface area contributed by atoms with Crippen molar-refractivity contribution in [3.05, 3.63) is 64.2 Å². The van der Waals surface area contributed by atoms with E-state index in [1.807, 2.05) is 17.9 Å². The zero-order chi connectivity index (χ0) is 20.8. The summed E-state index contributed by atoms with van der Waals surface area (Å²) in [5.74, 6) is 0.899. The van der Waals surface area contributed by atoms with Crippen LogP contribution in [-0.2, 0) is 27.4 Å². The normalized spacial score (nSPS) is 16.5. The van der Waals surface area contributed by atoms with Gasteiger partial charge in [0.1, 0.15) is 12.4 Å².